The number of nitrogens with zero attached hydrogens (tertiary/aromatic N) is 1. The van der Waals surface area contributed by atoms with Crippen LogP contribution in [-0.2, 0) is 0 Å². The quantitative estimate of drug-likeness (QED) is 0.311. The van der Waals surface area contributed by atoms with Crippen molar-refractivity contribution in [2.45, 2.75) is 115 Å². The summed E-state index contributed by atoms with van der Waals surface area (Å²) in [5.41, 5.74) is 0.247. The summed E-state index contributed by atoms with van der Waals surface area (Å²) < 4.78 is 0. The minimum Gasteiger partial charge on any atom is -0.389 e. The van der Waals surface area contributed by atoms with E-state index in [0.29, 0.717) is 11.8 Å². The second kappa shape index (κ2) is 10.1. The van der Waals surface area contributed by atoms with Crippen molar-refractivity contribution in [1.29, 1.82) is 0 Å². The summed E-state index contributed by atoms with van der Waals surface area (Å²) in [5, 5.41) is 26.0. The standard InChI is InChI=1S/C25H45ClN2O2/c1-5-21(26)11-8-14-25(30)15-16-28(17-24(25,3)4)18(2)22(19-12-13-19)27-23(29)20-9-6-7-10-20/h19-23,27,29-30H,2,5-17H2,1,3-4H3/t21?,22-,23?,25-/m0/s1. The average Bonchev–Trinajstić information content (AvgIpc) is 3.39. The van der Waals surface area contributed by atoms with Crippen molar-refractivity contribution in [1.82, 2.24) is 10.2 Å². The SMILES string of the molecule is C=C([C@H](NC(O)C1CCCC1)C1CC1)N1CC[C@@](O)(CCCC(Cl)CC)C(C)(C)C1. The number of piperidine rings is 1. The molecule has 2 aliphatic carbocycles. The average molecular weight is 441 g/mol. The van der Waals surface area contributed by atoms with E-state index >= 15 is 0 Å². The molecule has 174 valence electrons. The van der Waals surface area contributed by atoms with Gasteiger partial charge in [-0.25, -0.2) is 0 Å². The van der Waals surface area contributed by atoms with E-state index in [1.165, 1.54) is 25.7 Å². The normalized spacial score (nSPS) is 30.3. The smallest absolute Gasteiger partial charge is 0.108 e. The van der Waals surface area contributed by atoms with E-state index in [2.05, 4.69) is 37.6 Å². The minimum absolute atomic E-state index is 0.157. The first-order valence-corrected chi connectivity index (χ1v) is 12.8. The first kappa shape index (κ1) is 24.4. The van der Waals surface area contributed by atoms with Crippen molar-refractivity contribution in [3.05, 3.63) is 12.3 Å². The fourth-order valence-corrected chi connectivity index (χ4v) is 5.77. The molecule has 3 rings (SSSR count). The second-order valence-electron chi connectivity index (χ2n) is 10.9. The lowest BCUT2D eigenvalue weighted by atomic mass is 9.67. The molecule has 3 fully saturated rings. The molecule has 1 aliphatic heterocycles. The lowest BCUT2D eigenvalue weighted by Gasteiger charge is -2.52. The van der Waals surface area contributed by atoms with E-state index in [1.54, 1.807) is 0 Å². The second-order valence-corrected chi connectivity index (χ2v) is 11.6. The first-order valence-electron chi connectivity index (χ1n) is 12.4. The number of nitrogens with one attached hydrogen (secondary N) is 1. The molecule has 3 aliphatic rings. The molecule has 1 heterocycles. The Balaban J connectivity index is 1.58. The van der Waals surface area contributed by atoms with Gasteiger partial charge in [-0.05, 0) is 69.6 Å². The molecule has 0 aromatic heterocycles. The highest BCUT2D eigenvalue weighted by Gasteiger charge is 2.48. The van der Waals surface area contributed by atoms with Crippen molar-refractivity contribution in [2.75, 3.05) is 13.1 Å². The molecule has 0 bridgehead atoms. The largest absolute Gasteiger partial charge is 0.389 e. The van der Waals surface area contributed by atoms with E-state index in [1.807, 2.05) is 0 Å². The monoisotopic (exact) mass is 440 g/mol. The molecule has 4 nitrogen and oxygen atoms in total. The molecule has 4 atom stereocenters. The molecule has 0 radical (unpaired) electrons. The van der Waals surface area contributed by atoms with Gasteiger partial charge >= 0.3 is 0 Å². The summed E-state index contributed by atoms with van der Waals surface area (Å²) >= 11 is 6.29. The molecule has 2 unspecified atom stereocenters. The van der Waals surface area contributed by atoms with Gasteiger partial charge in [0.1, 0.15) is 6.23 Å². The van der Waals surface area contributed by atoms with E-state index in [0.717, 1.165) is 63.7 Å². The third-order valence-corrected chi connectivity index (χ3v) is 8.77. The number of aliphatic hydroxyl groups is 2. The predicted molar refractivity (Wildman–Crippen MR) is 125 cm³/mol. The lowest BCUT2D eigenvalue weighted by molar-refractivity contribution is -0.120. The minimum atomic E-state index is -0.653. The maximum absolute atomic E-state index is 11.5. The predicted octanol–water partition coefficient (Wildman–Crippen LogP) is 5.03. The zero-order chi connectivity index (χ0) is 21.9. The van der Waals surface area contributed by atoms with Crippen LogP contribution in [0.2, 0.25) is 0 Å². The molecule has 0 amide bonds. The van der Waals surface area contributed by atoms with Crippen LogP contribution in [0.3, 0.4) is 0 Å². The van der Waals surface area contributed by atoms with Crippen LogP contribution >= 0.6 is 11.6 Å². The number of alkyl halides is 1. The highest BCUT2D eigenvalue weighted by Crippen LogP contribution is 2.45. The molecule has 0 aromatic rings. The summed E-state index contributed by atoms with van der Waals surface area (Å²) in [5.74, 6) is 0.975. The van der Waals surface area contributed by atoms with Crippen molar-refractivity contribution in [3.63, 3.8) is 0 Å². The van der Waals surface area contributed by atoms with Gasteiger partial charge in [0.15, 0.2) is 0 Å². The molecule has 2 saturated carbocycles. The van der Waals surface area contributed by atoms with Gasteiger partial charge in [0, 0.05) is 29.6 Å². The zero-order valence-corrected chi connectivity index (χ0v) is 20.3. The third kappa shape index (κ3) is 5.74. The Morgan fingerprint density at radius 2 is 1.87 bits per heavy atom. The van der Waals surface area contributed by atoms with Crippen LogP contribution in [0.1, 0.15) is 91.4 Å². The van der Waals surface area contributed by atoms with Crippen LogP contribution in [0.15, 0.2) is 12.3 Å². The van der Waals surface area contributed by atoms with Gasteiger partial charge in [0.2, 0.25) is 0 Å². The highest BCUT2D eigenvalue weighted by molar-refractivity contribution is 6.20. The summed E-state index contributed by atoms with van der Waals surface area (Å²) in [6, 6.07) is 0.157. The maximum atomic E-state index is 11.5. The molecule has 0 aromatic carbocycles. The molecule has 0 spiro atoms. The van der Waals surface area contributed by atoms with E-state index in [4.69, 9.17) is 11.6 Å². The topological polar surface area (TPSA) is 55.7 Å². The fourth-order valence-electron chi connectivity index (χ4n) is 5.61. The highest BCUT2D eigenvalue weighted by atomic mass is 35.5. The van der Waals surface area contributed by atoms with Gasteiger partial charge in [-0.2, -0.15) is 0 Å². The Labute approximate surface area is 189 Å². The van der Waals surface area contributed by atoms with Gasteiger partial charge < -0.3 is 15.1 Å². The number of aliphatic hydroxyl groups excluding tert-OH is 1. The first-order chi connectivity index (χ1) is 14.2. The van der Waals surface area contributed by atoms with Crippen molar-refractivity contribution in [2.24, 2.45) is 17.3 Å². The van der Waals surface area contributed by atoms with Crippen LogP contribution < -0.4 is 5.32 Å². The number of hydrogen-bond acceptors (Lipinski definition) is 4. The van der Waals surface area contributed by atoms with Gasteiger partial charge in [0.25, 0.3) is 0 Å². The zero-order valence-electron chi connectivity index (χ0n) is 19.5. The van der Waals surface area contributed by atoms with E-state index < -0.39 is 11.8 Å². The van der Waals surface area contributed by atoms with Crippen molar-refractivity contribution >= 4 is 11.6 Å². The Morgan fingerprint density at radius 1 is 1.20 bits per heavy atom. The van der Waals surface area contributed by atoms with Gasteiger partial charge in [-0.15, -0.1) is 11.6 Å². The van der Waals surface area contributed by atoms with Crippen molar-refractivity contribution < 1.29 is 10.2 Å². The van der Waals surface area contributed by atoms with E-state index in [9.17, 15) is 10.2 Å². The van der Waals surface area contributed by atoms with Crippen LogP contribution in [0.25, 0.3) is 0 Å². The summed E-state index contributed by atoms with van der Waals surface area (Å²) in [4.78, 5) is 2.38. The maximum Gasteiger partial charge on any atom is 0.108 e. The Bertz CT molecular complexity index is 573. The summed E-state index contributed by atoms with van der Waals surface area (Å²) in [6.45, 7) is 12.6. The molecule has 3 N–H and O–H groups in total. The van der Waals surface area contributed by atoms with Crippen LogP contribution in [0.4, 0.5) is 0 Å². The number of halogens is 1. The molecule has 1 saturated heterocycles. The van der Waals surface area contributed by atoms with Crippen LogP contribution in [0.5, 0.6) is 0 Å². The number of likely N-dealkylation sites (tertiary alicyclic amines) is 1. The lowest BCUT2D eigenvalue weighted by Crippen LogP contribution is -2.58. The number of rotatable bonds is 11. The van der Waals surface area contributed by atoms with Crippen molar-refractivity contribution in [3.8, 4) is 0 Å². The summed E-state index contributed by atoms with van der Waals surface area (Å²) in [7, 11) is 0. The third-order valence-electron chi connectivity index (χ3n) is 8.25. The van der Waals surface area contributed by atoms with Gasteiger partial charge in [-0.1, -0.05) is 40.2 Å². The molecular weight excluding hydrogens is 396 g/mol. The van der Waals surface area contributed by atoms with Crippen LogP contribution in [0, 0.1) is 17.3 Å². The Morgan fingerprint density at radius 3 is 2.43 bits per heavy atom. The Hall–Kier alpha value is -0.290. The van der Waals surface area contributed by atoms with E-state index in [-0.39, 0.29) is 16.8 Å². The Kier molecular flexibility index (Phi) is 8.20. The number of hydrogen-bond donors (Lipinski definition) is 3. The molecule has 30 heavy (non-hydrogen) atoms. The fraction of sp³-hybridized carbons (Fsp3) is 0.920. The van der Waals surface area contributed by atoms with Gasteiger partial charge in [-0.3, -0.25) is 5.32 Å². The van der Waals surface area contributed by atoms with Gasteiger partial charge in [0.05, 0.1) is 11.6 Å². The molecular formula is C25H45ClN2O2. The molecule has 5 heteroatoms. The summed E-state index contributed by atoms with van der Waals surface area (Å²) in [6.07, 6.45) is 11.2. The van der Waals surface area contributed by atoms with Crippen LogP contribution in [-0.4, -0.2) is 51.5 Å².